The molecular formula is C9H16F2O. The number of hydrogen-bond acceptors (Lipinski definition) is 1. The lowest BCUT2D eigenvalue weighted by Crippen LogP contribution is -1.89. The third-order valence-corrected chi connectivity index (χ3v) is 1.38. The summed E-state index contributed by atoms with van der Waals surface area (Å²) in [6, 6.07) is 0. The van der Waals surface area contributed by atoms with E-state index in [0.29, 0.717) is 19.6 Å². The molecule has 0 saturated carbocycles. The van der Waals surface area contributed by atoms with Crippen LogP contribution in [0.5, 0.6) is 0 Å². The first kappa shape index (κ1) is 11.6. The molecule has 1 nitrogen and oxygen atoms in total. The molecule has 0 aromatic carbocycles. The summed E-state index contributed by atoms with van der Waals surface area (Å²) in [5.74, 6) is 0. The van der Waals surface area contributed by atoms with Gasteiger partial charge in [-0.1, -0.05) is 12.2 Å². The highest BCUT2D eigenvalue weighted by Gasteiger charge is 1.98. The monoisotopic (exact) mass is 178 g/mol. The number of alkyl halides is 2. The minimum absolute atomic E-state index is 0.00102. The summed E-state index contributed by atoms with van der Waals surface area (Å²) in [6.45, 7) is 3.21. The van der Waals surface area contributed by atoms with Gasteiger partial charge in [0.1, 0.15) is 0 Å². The maximum absolute atomic E-state index is 11.6. The van der Waals surface area contributed by atoms with Crippen molar-refractivity contribution in [3.63, 3.8) is 0 Å². The van der Waals surface area contributed by atoms with Gasteiger partial charge in [0, 0.05) is 13.0 Å². The molecule has 0 rings (SSSR count). The topological polar surface area (TPSA) is 9.23 Å². The van der Waals surface area contributed by atoms with E-state index in [1.54, 1.807) is 0 Å². The van der Waals surface area contributed by atoms with E-state index in [-0.39, 0.29) is 6.42 Å². The molecule has 0 aromatic rings. The van der Waals surface area contributed by atoms with Crippen LogP contribution in [0.4, 0.5) is 8.78 Å². The molecule has 0 bridgehead atoms. The van der Waals surface area contributed by atoms with Gasteiger partial charge >= 0.3 is 0 Å². The molecule has 12 heavy (non-hydrogen) atoms. The van der Waals surface area contributed by atoms with Crippen LogP contribution in [0.3, 0.4) is 0 Å². The Morgan fingerprint density at radius 3 is 2.67 bits per heavy atom. The minimum atomic E-state index is -2.16. The summed E-state index contributed by atoms with van der Waals surface area (Å²) in [6.07, 6.45) is 2.87. The zero-order chi connectivity index (χ0) is 9.23. The Kier molecular flexibility index (Phi) is 8.34. The molecule has 3 heteroatoms. The average Bonchev–Trinajstić information content (AvgIpc) is 2.02. The quantitative estimate of drug-likeness (QED) is 0.430. The van der Waals surface area contributed by atoms with Gasteiger partial charge in [-0.05, 0) is 19.8 Å². The van der Waals surface area contributed by atoms with E-state index in [1.165, 1.54) is 0 Å². The van der Waals surface area contributed by atoms with Crippen LogP contribution in [0.25, 0.3) is 0 Å². The summed E-state index contributed by atoms with van der Waals surface area (Å²) >= 11 is 0. The largest absolute Gasteiger partial charge is 0.378 e. The number of hydrogen-bond donors (Lipinski definition) is 0. The van der Waals surface area contributed by atoms with Crippen LogP contribution in [0, 0.1) is 0 Å². The lowest BCUT2D eigenvalue weighted by atomic mass is 10.2. The molecule has 0 radical (unpaired) electrons. The Bertz CT molecular complexity index is 113. The molecule has 0 aliphatic rings. The lowest BCUT2D eigenvalue weighted by Gasteiger charge is -1.95. The van der Waals surface area contributed by atoms with E-state index in [9.17, 15) is 8.78 Å². The maximum Gasteiger partial charge on any atom is 0.238 e. The van der Waals surface area contributed by atoms with Crippen molar-refractivity contribution in [3.05, 3.63) is 12.2 Å². The Morgan fingerprint density at radius 2 is 2.08 bits per heavy atom. The van der Waals surface area contributed by atoms with Crippen molar-refractivity contribution in [2.75, 3.05) is 13.2 Å². The second kappa shape index (κ2) is 8.65. The first-order valence-corrected chi connectivity index (χ1v) is 4.28. The summed E-state index contributed by atoms with van der Waals surface area (Å²) in [5, 5.41) is 0. The molecule has 0 atom stereocenters. The number of unbranched alkanes of at least 4 members (excludes halogenated alkanes) is 1. The fourth-order valence-electron chi connectivity index (χ4n) is 0.762. The Morgan fingerprint density at radius 1 is 1.33 bits per heavy atom. The smallest absolute Gasteiger partial charge is 0.238 e. The van der Waals surface area contributed by atoms with Crippen molar-refractivity contribution in [1.82, 2.24) is 0 Å². The molecule has 0 N–H and O–H groups in total. The summed E-state index contributed by atoms with van der Waals surface area (Å²) in [4.78, 5) is 0. The van der Waals surface area contributed by atoms with Gasteiger partial charge in [0.15, 0.2) is 0 Å². The van der Waals surface area contributed by atoms with E-state index in [4.69, 9.17) is 4.74 Å². The van der Waals surface area contributed by atoms with Gasteiger partial charge in [0.2, 0.25) is 6.43 Å². The highest BCUT2D eigenvalue weighted by molar-refractivity contribution is 4.81. The van der Waals surface area contributed by atoms with Crippen molar-refractivity contribution in [3.8, 4) is 0 Å². The molecule has 0 aliphatic carbocycles. The van der Waals surface area contributed by atoms with Gasteiger partial charge in [0.05, 0.1) is 6.61 Å². The van der Waals surface area contributed by atoms with E-state index < -0.39 is 6.43 Å². The predicted molar refractivity (Wildman–Crippen MR) is 45.5 cm³/mol. The molecule has 0 saturated heterocycles. The van der Waals surface area contributed by atoms with Crippen molar-refractivity contribution >= 4 is 0 Å². The second-order valence-corrected chi connectivity index (χ2v) is 2.45. The van der Waals surface area contributed by atoms with Crippen molar-refractivity contribution in [2.24, 2.45) is 0 Å². The van der Waals surface area contributed by atoms with Gasteiger partial charge < -0.3 is 4.74 Å². The highest BCUT2D eigenvalue weighted by Crippen LogP contribution is 2.05. The van der Waals surface area contributed by atoms with Gasteiger partial charge in [-0.3, -0.25) is 0 Å². The van der Waals surface area contributed by atoms with Gasteiger partial charge in [0.25, 0.3) is 0 Å². The third kappa shape index (κ3) is 9.56. The number of ether oxygens (including phenoxy) is 1. The molecule has 0 unspecified atom stereocenters. The molecule has 0 amide bonds. The third-order valence-electron chi connectivity index (χ3n) is 1.38. The van der Waals surface area contributed by atoms with E-state index >= 15 is 0 Å². The molecule has 0 aliphatic heterocycles. The first-order valence-electron chi connectivity index (χ1n) is 4.28. The van der Waals surface area contributed by atoms with Crippen LogP contribution in [-0.2, 0) is 4.74 Å². The number of halogens is 2. The summed E-state index contributed by atoms with van der Waals surface area (Å²) in [7, 11) is 0. The van der Waals surface area contributed by atoms with E-state index in [0.717, 1.165) is 6.42 Å². The average molecular weight is 178 g/mol. The zero-order valence-electron chi connectivity index (χ0n) is 7.43. The van der Waals surface area contributed by atoms with Crippen LogP contribution >= 0.6 is 0 Å². The second-order valence-electron chi connectivity index (χ2n) is 2.45. The fraction of sp³-hybridized carbons (Fsp3) is 0.778. The van der Waals surface area contributed by atoms with Crippen LogP contribution in [0.15, 0.2) is 12.2 Å². The fourth-order valence-corrected chi connectivity index (χ4v) is 0.762. The Balaban J connectivity index is 3.03. The molecular weight excluding hydrogens is 162 g/mol. The predicted octanol–water partition coefficient (Wildman–Crippen LogP) is 3.01. The van der Waals surface area contributed by atoms with Crippen molar-refractivity contribution < 1.29 is 13.5 Å². The van der Waals surface area contributed by atoms with E-state index in [2.05, 4.69) is 0 Å². The molecule has 0 heterocycles. The number of rotatable bonds is 7. The maximum atomic E-state index is 11.6. The van der Waals surface area contributed by atoms with Crippen LogP contribution in [0.2, 0.25) is 0 Å². The van der Waals surface area contributed by atoms with Gasteiger partial charge in [-0.15, -0.1) is 0 Å². The van der Waals surface area contributed by atoms with Crippen molar-refractivity contribution in [2.45, 2.75) is 32.6 Å². The van der Waals surface area contributed by atoms with Crippen molar-refractivity contribution in [1.29, 1.82) is 0 Å². The molecule has 72 valence electrons. The molecule has 0 spiro atoms. The van der Waals surface area contributed by atoms with Crippen LogP contribution in [-0.4, -0.2) is 19.6 Å². The minimum Gasteiger partial charge on any atom is -0.378 e. The highest BCUT2D eigenvalue weighted by atomic mass is 19.3. The lowest BCUT2D eigenvalue weighted by molar-refractivity contribution is 0.135. The SMILES string of the molecule is CCOCC=CCCCC(F)F. The molecule has 0 fully saturated rings. The van der Waals surface area contributed by atoms with Gasteiger partial charge in [-0.2, -0.15) is 0 Å². The normalized spacial score (nSPS) is 11.7. The number of allylic oxidation sites excluding steroid dienone is 1. The first-order chi connectivity index (χ1) is 5.77. The van der Waals surface area contributed by atoms with E-state index in [1.807, 2.05) is 19.1 Å². The zero-order valence-corrected chi connectivity index (χ0v) is 7.43. The Hall–Kier alpha value is -0.440. The summed E-state index contributed by atoms with van der Waals surface area (Å²) < 4.78 is 28.3. The Labute approximate surface area is 72.4 Å². The molecule has 0 aromatic heterocycles. The van der Waals surface area contributed by atoms with Crippen LogP contribution in [0.1, 0.15) is 26.2 Å². The van der Waals surface area contributed by atoms with Gasteiger partial charge in [-0.25, -0.2) is 8.78 Å². The van der Waals surface area contributed by atoms with Crippen LogP contribution < -0.4 is 0 Å². The summed E-state index contributed by atoms with van der Waals surface area (Å²) in [5.41, 5.74) is 0. The standard InChI is InChI=1S/C9H16F2O/c1-2-12-8-6-4-3-5-7-9(10)11/h4,6,9H,2-3,5,7-8H2,1H3.